The van der Waals surface area contributed by atoms with E-state index in [0.29, 0.717) is 18.2 Å². The normalized spacial score (nSPS) is 11.4. The van der Waals surface area contributed by atoms with Gasteiger partial charge in [-0.05, 0) is 57.5 Å². The van der Waals surface area contributed by atoms with Crippen LogP contribution >= 0.6 is 0 Å². The summed E-state index contributed by atoms with van der Waals surface area (Å²) >= 11 is 0. The number of benzene rings is 1. The molecule has 0 aliphatic rings. The van der Waals surface area contributed by atoms with Crippen molar-refractivity contribution in [2.75, 3.05) is 6.54 Å². The standard InChI is InChI=1S/C15H20N2O2/c1-9(2)17-10(3)12(6-7-16)13-8-11(15(18)19)4-5-14(13)17/h4-5,8-9H,6-7,16H2,1-3H3,(H,18,19). The van der Waals surface area contributed by atoms with Gasteiger partial charge in [-0.15, -0.1) is 0 Å². The zero-order chi connectivity index (χ0) is 14.2. The van der Waals surface area contributed by atoms with Gasteiger partial charge in [-0.1, -0.05) is 0 Å². The van der Waals surface area contributed by atoms with Crippen LogP contribution in [-0.2, 0) is 6.42 Å². The van der Waals surface area contributed by atoms with Crippen molar-refractivity contribution in [3.8, 4) is 0 Å². The van der Waals surface area contributed by atoms with Gasteiger partial charge in [0.1, 0.15) is 0 Å². The van der Waals surface area contributed by atoms with Crippen molar-refractivity contribution in [3.05, 3.63) is 35.0 Å². The van der Waals surface area contributed by atoms with E-state index in [1.54, 1.807) is 12.1 Å². The van der Waals surface area contributed by atoms with Gasteiger partial charge in [0.05, 0.1) is 5.56 Å². The van der Waals surface area contributed by atoms with E-state index in [1.165, 1.54) is 5.69 Å². The molecule has 1 aromatic heterocycles. The van der Waals surface area contributed by atoms with Crippen molar-refractivity contribution in [3.63, 3.8) is 0 Å². The molecule has 0 saturated heterocycles. The Balaban J connectivity index is 2.78. The van der Waals surface area contributed by atoms with Gasteiger partial charge in [0.2, 0.25) is 0 Å². The van der Waals surface area contributed by atoms with Gasteiger partial charge >= 0.3 is 5.97 Å². The molecule has 1 heterocycles. The van der Waals surface area contributed by atoms with Crippen molar-refractivity contribution in [1.82, 2.24) is 4.57 Å². The summed E-state index contributed by atoms with van der Waals surface area (Å²) in [6.07, 6.45) is 0.769. The van der Waals surface area contributed by atoms with Crippen molar-refractivity contribution in [2.24, 2.45) is 5.73 Å². The third-order valence-corrected chi connectivity index (χ3v) is 3.54. The Morgan fingerprint density at radius 2 is 2.11 bits per heavy atom. The molecule has 1 aromatic carbocycles. The largest absolute Gasteiger partial charge is 0.478 e. The lowest BCUT2D eigenvalue weighted by atomic mass is 10.1. The second kappa shape index (κ2) is 5.05. The summed E-state index contributed by atoms with van der Waals surface area (Å²) in [5, 5.41) is 10.1. The monoisotopic (exact) mass is 260 g/mol. The first-order valence-electron chi connectivity index (χ1n) is 6.54. The molecule has 0 saturated carbocycles. The Labute approximate surface area is 112 Å². The molecule has 2 rings (SSSR count). The molecule has 0 unspecified atom stereocenters. The van der Waals surface area contributed by atoms with E-state index in [4.69, 9.17) is 10.8 Å². The molecule has 2 aromatic rings. The first-order chi connectivity index (χ1) is 8.97. The van der Waals surface area contributed by atoms with Crippen LogP contribution in [0.2, 0.25) is 0 Å². The Morgan fingerprint density at radius 3 is 2.63 bits per heavy atom. The molecular weight excluding hydrogens is 240 g/mol. The van der Waals surface area contributed by atoms with E-state index in [9.17, 15) is 4.79 Å². The molecule has 4 nitrogen and oxygen atoms in total. The van der Waals surface area contributed by atoms with Gasteiger partial charge in [-0.3, -0.25) is 0 Å². The summed E-state index contributed by atoms with van der Waals surface area (Å²) in [4.78, 5) is 11.1. The second-order valence-corrected chi connectivity index (χ2v) is 5.10. The topological polar surface area (TPSA) is 68.2 Å². The minimum atomic E-state index is -0.893. The van der Waals surface area contributed by atoms with Crippen LogP contribution in [0.4, 0.5) is 0 Å². The zero-order valence-corrected chi connectivity index (χ0v) is 11.6. The number of fused-ring (bicyclic) bond motifs is 1. The number of hydrogen-bond acceptors (Lipinski definition) is 2. The number of nitrogens with zero attached hydrogens (tertiary/aromatic N) is 1. The van der Waals surface area contributed by atoms with E-state index in [2.05, 4.69) is 25.3 Å². The third-order valence-electron chi connectivity index (χ3n) is 3.54. The first-order valence-corrected chi connectivity index (χ1v) is 6.54. The van der Waals surface area contributed by atoms with Gasteiger partial charge in [-0.2, -0.15) is 0 Å². The molecule has 0 aliphatic carbocycles. The third kappa shape index (κ3) is 2.24. The van der Waals surface area contributed by atoms with E-state index >= 15 is 0 Å². The number of aromatic nitrogens is 1. The Bertz CT molecular complexity index is 627. The molecule has 19 heavy (non-hydrogen) atoms. The van der Waals surface area contributed by atoms with Crippen LogP contribution in [0.15, 0.2) is 18.2 Å². The summed E-state index contributed by atoms with van der Waals surface area (Å²) in [7, 11) is 0. The summed E-state index contributed by atoms with van der Waals surface area (Å²) in [6.45, 7) is 6.90. The molecule has 0 amide bonds. The van der Waals surface area contributed by atoms with Crippen LogP contribution < -0.4 is 5.73 Å². The lowest BCUT2D eigenvalue weighted by molar-refractivity contribution is 0.0697. The van der Waals surface area contributed by atoms with Gasteiger partial charge < -0.3 is 15.4 Å². The fourth-order valence-corrected chi connectivity index (χ4v) is 2.77. The maximum Gasteiger partial charge on any atom is 0.335 e. The maximum absolute atomic E-state index is 11.1. The van der Waals surface area contributed by atoms with Crippen LogP contribution in [0.25, 0.3) is 10.9 Å². The van der Waals surface area contributed by atoms with Crippen LogP contribution in [0.5, 0.6) is 0 Å². The number of carboxylic acids is 1. The lowest BCUT2D eigenvalue weighted by Gasteiger charge is -2.12. The highest BCUT2D eigenvalue weighted by atomic mass is 16.4. The average molecular weight is 260 g/mol. The highest BCUT2D eigenvalue weighted by Crippen LogP contribution is 2.30. The summed E-state index contributed by atoms with van der Waals surface area (Å²) in [6, 6.07) is 5.65. The van der Waals surface area contributed by atoms with E-state index < -0.39 is 5.97 Å². The Morgan fingerprint density at radius 1 is 1.42 bits per heavy atom. The van der Waals surface area contributed by atoms with E-state index in [0.717, 1.165) is 22.9 Å². The number of aromatic carboxylic acids is 1. The quantitative estimate of drug-likeness (QED) is 0.888. The van der Waals surface area contributed by atoms with Gasteiger partial charge in [-0.25, -0.2) is 4.79 Å². The molecule has 4 heteroatoms. The fourth-order valence-electron chi connectivity index (χ4n) is 2.77. The second-order valence-electron chi connectivity index (χ2n) is 5.10. The average Bonchev–Trinajstić information content (AvgIpc) is 2.62. The molecule has 0 bridgehead atoms. The van der Waals surface area contributed by atoms with Crippen molar-refractivity contribution >= 4 is 16.9 Å². The summed E-state index contributed by atoms with van der Waals surface area (Å²) in [5.74, 6) is -0.893. The van der Waals surface area contributed by atoms with Crippen molar-refractivity contribution in [2.45, 2.75) is 33.2 Å². The molecule has 0 spiro atoms. The number of rotatable bonds is 4. The molecule has 3 N–H and O–H groups in total. The highest BCUT2D eigenvalue weighted by molar-refractivity contribution is 5.95. The number of hydrogen-bond donors (Lipinski definition) is 2. The number of carboxylic acid groups (broad SMARTS) is 1. The van der Waals surface area contributed by atoms with Crippen molar-refractivity contribution < 1.29 is 9.90 Å². The van der Waals surface area contributed by atoms with Crippen LogP contribution in [-0.4, -0.2) is 22.2 Å². The maximum atomic E-state index is 11.1. The van der Waals surface area contributed by atoms with E-state index in [-0.39, 0.29) is 0 Å². The van der Waals surface area contributed by atoms with Crippen LogP contribution in [0, 0.1) is 6.92 Å². The first kappa shape index (κ1) is 13.6. The predicted octanol–water partition coefficient (Wildman–Crippen LogP) is 2.73. The smallest absolute Gasteiger partial charge is 0.335 e. The van der Waals surface area contributed by atoms with Crippen LogP contribution in [0.1, 0.15) is 41.5 Å². The van der Waals surface area contributed by atoms with E-state index in [1.807, 2.05) is 6.07 Å². The fraction of sp³-hybridized carbons (Fsp3) is 0.400. The molecule has 0 radical (unpaired) electrons. The Kier molecular flexibility index (Phi) is 3.62. The molecule has 0 atom stereocenters. The van der Waals surface area contributed by atoms with Crippen molar-refractivity contribution in [1.29, 1.82) is 0 Å². The molecular formula is C15H20N2O2. The summed E-state index contributed by atoms with van der Waals surface area (Å²) < 4.78 is 2.24. The van der Waals surface area contributed by atoms with Gasteiger partial charge in [0.25, 0.3) is 0 Å². The minimum absolute atomic E-state index is 0.326. The van der Waals surface area contributed by atoms with Gasteiger partial charge in [0.15, 0.2) is 0 Å². The molecule has 102 valence electrons. The number of nitrogens with two attached hydrogens (primary N) is 1. The van der Waals surface area contributed by atoms with Gasteiger partial charge in [0, 0.05) is 22.6 Å². The highest BCUT2D eigenvalue weighted by Gasteiger charge is 2.16. The van der Waals surface area contributed by atoms with Crippen LogP contribution in [0.3, 0.4) is 0 Å². The summed E-state index contributed by atoms with van der Waals surface area (Å²) in [5.41, 5.74) is 9.43. The zero-order valence-electron chi connectivity index (χ0n) is 11.6. The number of carbonyl (C=O) groups is 1. The SMILES string of the molecule is Cc1c(CCN)c2cc(C(=O)O)ccc2n1C(C)C. The molecule has 0 fully saturated rings. The lowest BCUT2D eigenvalue weighted by Crippen LogP contribution is -2.06. The molecule has 0 aliphatic heterocycles. The minimum Gasteiger partial charge on any atom is -0.478 e. The predicted molar refractivity (Wildman–Crippen MR) is 76.8 cm³/mol. The Hall–Kier alpha value is -1.81.